The highest BCUT2D eigenvalue weighted by Gasteiger charge is 2.11. The predicted molar refractivity (Wildman–Crippen MR) is 71.2 cm³/mol. The van der Waals surface area contributed by atoms with Crippen molar-refractivity contribution < 1.29 is 14.6 Å². The maximum atomic E-state index is 10.4. The van der Waals surface area contributed by atoms with Crippen LogP contribution in [0.15, 0.2) is 6.07 Å². The molecule has 0 bridgehead atoms. The van der Waals surface area contributed by atoms with Gasteiger partial charge in [-0.15, -0.1) is 0 Å². The Morgan fingerprint density at radius 1 is 1.33 bits per heavy atom. The number of aryl methyl sites for hydroxylation is 2. The van der Waals surface area contributed by atoms with Crippen LogP contribution in [0.25, 0.3) is 0 Å². The van der Waals surface area contributed by atoms with Crippen LogP contribution in [0.4, 0.5) is 0 Å². The number of methoxy groups -OCH3 is 1. The van der Waals surface area contributed by atoms with Crippen LogP contribution in [0.3, 0.4) is 0 Å². The fourth-order valence-electron chi connectivity index (χ4n) is 2.01. The van der Waals surface area contributed by atoms with Crippen molar-refractivity contribution in [2.45, 2.75) is 33.7 Å². The molecule has 0 atom stereocenters. The van der Waals surface area contributed by atoms with E-state index in [0.717, 1.165) is 22.4 Å². The van der Waals surface area contributed by atoms with Crippen LogP contribution >= 0.6 is 0 Å². The molecule has 2 N–H and O–H groups in total. The van der Waals surface area contributed by atoms with Gasteiger partial charge in [0.15, 0.2) is 0 Å². The van der Waals surface area contributed by atoms with E-state index >= 15 is 0 Å². The number of nitrogens with one attached hydrogen (secondary N) is 1. The first-order chi connectivity index (χ1) is 8.47. The van der Waals surface area contributed by atoms with Crippen molar-refractivity contribution in [3.63, 3.8) is 0 Å². The van der Waals surface area contributed by atoms with Gasteiger partial charge in [-0.1, -0.05) is 6.07 Å². The van der Waals surface area contributed by atoms with Crippen molar-refractivity contribution >= 4 is 5.97 Å². The fourth-order valence-corrected chi connectivity index (χ4v) is 2.01. The minimum Gasteiger partial charge on any atom is -0.496 e. The third-order valence-electron chi connectivity index (χ3n) is 3.14. The zero-order valence-corrected chi connectivity index (χ0v) is 11.5. The molecule has 0 aliphatic carbocycles. The molecule has 4 heteroatoms. The standard InChI is InChI=1S/C14H21NO3/c1-9-7-10(2)12(14(18-4)11(9)3)8-15-6-5-13(16)17/h7,15H,5-6,8H2,1-4H3,(H,16,17). The second kappa shape index (κ2) is 6.40. The second-order valence-electron chi connectivity index (χ2n) is 4.47. The van der Waals surface area contributed by atoms with E-state index in [2.05, 4.69) is 18.3 Å². The lowest BCUT2D eigenvalue weighted by molar-refractivity contribution is -0.136. The summed E-state index contributed by atoms with van der Waals surface area (Å²) in [5, 5.41) is 11.7. The number of benzene rings is 1. The molecule has 0 unspecified atom stereocenters. The molecular formula is C14H21NO3. The minimum atomic E-state index is -0.786. The Labute approximate surface area is 108 Å². The molecule has 100 valence electrons. The number of rotatable bonds is 6. The Morgan fingerprint density at radius 2 is 2.00 bits per heavy atom. The van der Waals surface area contributed by atoms with E-state index in [1.54, 1.807) is 7.11 Å². The molecule has 0 aliphatic heterocycles. The molecule has 18 heavy (non-hydrogen) atoms. The summed E-state index contributed by atoms with van der Waals surface area (Å²) in [6.07, 6.45) is 0.131. The van der Waals surface area contributed by atoms with Gasteiger partial charge in [-0.25, -0.2) is 0 Å². The van der Waals surface area contributed by atoms with Gasteiger partial charge in [-0.3, -0.25) is 4.79 Å². The molecule has 0 radical (unpaired) electrons. The quantitative estimate of drug-likeness (QED) is 0.761. The molecule has 0 aromatic heterocycles. The van der Waals surface area contributed by atoms with Gasteiger partial charge in [0, 0.05) is 18.7 Å². The molecule has 0 saturated carbocycles. The molecule has 4 nitrogen and oxygen atoms in total. The summed E-state index contributed by atoms with van der Waals surface area (Å²) in [4.78, 5) is 10.4. The number of aliphatic carboxylic acids is 1. The van der Waals surface area contributed by atoms with Crippen molar-refractivity contribution in [1.82, 2.24) is 5.32 Å². The highest BCUT2D eigenvalue weighted by atomic mass is 16.5. The maximum absolute atomic E-state index is 10.4. The first-order valence-electron chi connectivity index (χ1n) is 6.03. The molecular weight excluding hydrogens is 230 g/mol. The van der Waals surface area contributed by atoms with Crippen molar-refractivity contribution in [2.75, 3.05) is 13.7 Å². The van der Waals surface area contributed by atoms with Gasteiger partial charge in [0.05, 0.1) is 13.5 Å². The highest BCUT2D eigenvalue weighted by Crippen LogP contribution is 2.29. The van der Waals surface area contributed by atoms with Crippen molar-refractivity contribution in [3.8, 4) is 5.75 Å². The maximum Gasteiger partial charge on any atom is 0.304 e. The summed E-state index contributed by atoms with van der Waals surface area (Å²) >= 11 is 0. The largest absolute Gasteiger partial charge is 0.496 e. The van der Waals surface area contributed by atoms with E-state index in [0.29, 0.717) is 13.1 Å². The molecule has 1 rings (SSSR count). The molecule has 0 spiro atoms. The molecule has 1 aromatic rings. The van der Waals surface area contributed by atoms with Crippen LogP contribution in [-0.2, 0) is 11.3 Å². The van der Waals surface area contributed by atoms with E-state index in [-0.39, 0.29) is 6.42 Å². The number of carboxylic acid groups (broad SMARTS) is 1. The summed E-state index contributed by atoms with van der Waals surface area (Å²) in [7, 11) is 1.67. The van der Waals surface area contributed by atoms with Crippen LogP contribution in [0.1, 0.15) is 28.7 Å². The van der Waals surface area contributed by atoms with Gasteiger partial charge in [0.2, 0.25) is 0 Å². The first kappa shape index (κ1) is 14.5. The molecule has 0 amide bonds. The van der Waals surface area contributed by atoms with Gasteiger partial charge in [0.25, 0.3) is 0 Å². The van der Waals surface area contributed by atoms with E-state index in [9.17, 15) is 4.79 Å². The second-order valence-corrected chi connectivity index (χ2v) is 4.47. The van der Waals surface area contributed by atoms with Crippen molar-refractivity contribution in [3.05, 3.63) is 28.3 Å². The normalized spacial score (nSPS) is 10.4. The number of hydrogen-bond donors (Lipinski definition) is 2. The summed E-state index contributed by atoms with van der Waals surface area (Å²) in [6.45, 7) is 7.23. The van der Waals surface area contributed by atoms with Crippen molar-refractivity contribution in [1.29, 1.82) is 0 Å². The zero-order chi connectivity index (χ0) is 13.7. The van der Waals surface area contributed by atoms with Crippen LogP contribution in [0.2, 0.25) is 0 Å². The van der Waals surface area contributed by atoms with Gasteiger partial charge in [-0.2, -0.15) is 0 Å². The SMILES string of the molecule is COc1c(C)c(C)cc(C)c1CNCCC(=O)O. The lowest BCUT2D eigenvalue weighted by Crippen LogP contribution is -2.19. The summed E-state index contributed by atoms with van der Waals surface area (Å²) < 4.78 is 5.46. The molecule has 1 aromatic carbocycles. The number of carbonyl (C=O) groups is 1. The molecule has 0 heterocycles. The molecule has 0 fully saturated rings. The van der Waals surface area contributed by atoms with E-state index in [1.807, 2.05) is 13.8 Å². The van der Waals surface area contributed by atoms with E-state index in [1.165, 1.54) is 5.56 Å². The Bertz CT molecular complexity index is 441. The van der Waals surface area contributed by atoms with Gasteiger partial charge < -0.3 is 15.2 Å². The summed E-state index contributed by atoms with van der Waals surface area (Å²) in [5.74, 6) is 0.113. The summed E-state index contributed by atoms with van der Waals surface area (Å²) in [5.41, 5.74) is 4.61. The minimum absolute atomic E-state index is 0.131. The number of hydrogen-bond acceptors (Lipinski definition) is 3. The van der Waals surface area contributed by atoms with Crippen LogP contribution < -0.4 is 10.1 Å². The van der Waals surface area contributed by atoms with Crippen LogP contribution in [0.5, 0.6) is 5.75 Å². The third-order valence-corrected chi connectivity index (χ3v) is 3.14. The number of ether oxygens (including phenoxy) is 1. The fraction of sp³-hybridized carbons (Fsp3) is 0.500. The first-order valence-corrected chi connectivity index (χ1v) is 6.03. The lowest BCUT2D eigenvalue weighted by Gasteiger charge is -2.17. The van der Waals surface area contributed by atoms with Gasteiger partial charge in [0.1, 0.15) is 5.75 Å². The zero-order valence-electron chi connectivity index (χ0n) is 11.5. The van der Waals surface area contributed by atoms with Gasteiger partial charge >= 0.3 is 5.97 Å². The Balaban J connectivity index is 2.81. The molecule has 0 aliphatic rings. The van der Waals surface area contributed by atoms with E-state index < -0.39 is 5.97 Å². The highest BCUT2D eigenvalue weighted by molar-refractivity contribution is 5.66. The lowest BCUT2D eigenvalue weighted by atomic mass is 9.99. The third kappa shape index (κ3) is 3.47. The van der Waals surface area contributed by atoms with Gasteiger partial charge in [-0.05, 0) is 37.5 Å². The van der Waals surface area contributed by atoms with Crippen LogP contribution in [-0.4, -0.2) is 24.7 Å². The van der Waals surface area contributed by atoms with E-state index in [4.69, 9.17) is 9.84 Å². The number of carboxylic acids is 1. The summed E-state index contributed by atoms with van der Waals surface area (Å²) in [6, 6.07) is 2.13. The topological polar surface area (TPSA) is 58.6 Å². The Kier molecular flexibility index (Phi) is 5.16. The Hall–Kier alpha value is -1.55. The smallest absolute Gasteiger partial charge is 0.304 e. The predicted octanol–water partition coefficient (Wildman–Crippen LogP) is 2.18. The monoisotopic (exact) mass is 251 g/mol. The van der Waals surface area contributed by atoms with Crippen LogP contribution in [0, 0.1) is 20.8 Å². The Morgan fingerprint density at radius 3 is 2.56 bits per heavy atom. The average Bonchev–Trinajstić information content (AvgIpc) is 2.30. The average molecular weight is 251 g/mol. The van der Waals surface area contributed by atoms with Crippen molar-refractivity contribution in [2.24, 2.45) is 0 Å². The molecule has 0 saturated heterocycles.